The van der Waals surface area contributed by atoms with E-state index in [1.165, 1.54) is 57.8 Å². The van der Waals surface area contributed by atoms with Crippen LogP contribution in [0.2, 0.25) is 0 Å². The molecule has 0 heteroatoms. The Bertz CT molecular complexity index is 194. The number of unbranched alkanes of at least 4 members (excludes halogenated alkanes) is 8. The zero-order chi connectivity index (χ0) is 11.9. The molecule has 0 aliphatic carbocycles. The van der Waals surface area contributed by atoms with Crippen LogP contribution in [-0.2, 0) is 0 Å². The van der Waals surface area contributed by atoms with E-state index in [9.17, 15) is 0 Å². The lowest BCUT2D eigenvalue weighted by Crippen LogP contribution is -1.79. The topological polar surface area (TPSA) is 0 Å². The number of hydrogen-bond acceptors (Lipinski definition) is 0. The van der Waals surface area contributed by atoms with Gasteiger partial charge in [-0.25, -0.2) is 0 Å². The van der Waals surface area contributed by atoms with Crippen molar-refractivity contribution in [3.05, 3.63) is 30.5 Å². The molecule has 0 aromatic carbocycles. The average Bonchev–Trinajstić information content (AvgIpc) is 2.31. The average molecular weight is 219 g/mol. The van der Waals surface area contributed by atoms with Crippen LogP contribution < -0.4 is 0 Å². The van der Waals surface area contributed by atoms with E-state index in [4.69, 9.17) is 6.58 Å². The lowest BCUT2D eigenvalue weighted by Gasteiger charge is -1.98. The second-order valence-electron chi connectivity index (χ2n) is 4.33. The third-order valence-corrected chi connectivity index (χ3v) is 2.71. The number of allylic oxidation sites excluding steroid dienone is 3. The molecule has 0 fully saturated rings. The van der Waals surface area contributed by atoms with Crippen LogP contribution in [0.15, 0.2) is 24.0 Å². The van der Waals surface area contributed by atoms with Gasteiger partial charge in [0.05, 0.1) is 0 Å². The summed E-state index contributed by atoms with van der Waals surface area (Å²) >= 11 is 0. The van der Waals surface area contributed by atoms with Gasteiger partial charge in [0.1, 0.15) is 0 Å². The monoisotopic (exact) mass is 219 g/mol. The van der Waals surface area contributed by atoms with Crippen LogP contribution in [0.1, 0.15) is 71.1 Å². The lowest BCUT2D eigenvalue weighted by atomic mass is 10.1. The largest absolute Gasteiger partial charge is 0.125 e. The quantitative estimate of drug-likeness (QED) is 0.241. The van der Waals surface area contributed by atoms with Crippen LogP contribution in [0.4, 0.5) is 0 Å². The van der Waals surface area contributed by atoms with Gasteiger partial charge in [0.15, 0.2) is 0 Å². The van der Waals surface area contributed by atoms with E-state index in [-0.39, 0.29) is 0 Å². The van der Waals surface area contributed by atoms with E-state index in [1.54, 1.807) is 0 Å². The van der Waals surface area contributed by atoms with Crippen molar-refractivity contribution in [1.82, 2.24) is 0 Å². The fourth-order valence-corrected chi connectivity index (χ4v) is 1.70. The smallest absolute Gasteiger partial charge is 0.0126 e. The predicted molar refractivity (Wildman–Crippen MR) is 73.4 cm³/mol. The van der Waals surface area contributed by atoms with Crippen molar-refractivity contribution >= 4 is 0 Å². The van der Waals surface area contributed by atoms with Crippen LogP contribution in [0, 0.1) is 6.58 Å². The molecule has 0 aliphatic rings. The lowest BCUT2D eigenvalue weighted by molar-refractivity contribution is 0.600. The number of hydrogen-bond donors (Lipinski definition) is 0. The van der Waals surface area contributed by atoms with Crippen molar-refractivity contribution in [2.75, 3.05) is 0 Å². The van der Waals surface area contributed by atoms with Crippen molar-refractivity contribution in [2.45, 2.75) is 71.1 Å². The maximum atomic E-state index is 5.15. The van der Waals surface area contributed by atoms with Gasteiger partial charge < -0.3 is 0 Å². The molecule has 0 aromatic rings. The Morgan fingerprint density at radius 2 is 1.38 bits per heavy atom. The highest BCUT2D eigenvalue weighted by Gasteiger charge is 1.89. The van der Waals surface area contributed by atoms with E-state index < -0.39 is 0 Å². The van der Waals surface area contributed by atoms with Gasteiger partial charge in [-0.2, -0.15) is 0 Å². The van der Waals surface area contributed by atoms with E-state index in [2.05, 4.69) is 24.8 Å². The van der Waals surface area contributed by atoms with Crippen molar-refractivity contribution in [3.8, 4) is 0 Å². The molecule has 1 radical (unpaired) electrons. The molecule has 0 saturated carbocycles. The standard InChI is InChI=1S/C16H27/c1-3-5-7-9-11-13-15-16-14-12-10-8-6-4-2/h1,5,8,10H,4,6-7,9,11-16H2,2H3. The molecule has 0 unspecified atom stereocenters. The molecule has 0 rings (SSSR count). The molecular formula is C16H27. The SMILES string of the molecule is [CH]=C=CCCCCCCCCC=CCCC. The highest BCUT2D eigenvalue weighted by atomic mass is 14.0. The van der Waals surface area contributed by atoms with Crippen molar-refractivity contribution in [2.24, 2.45) is 0 Å². The minimum atomic E-state index is 1.09. The zero-order valence-electron chi connectivity index (χ0n) is 10.9. The van der Waals surface area contributed by atoms with Crippen molar-refractivity contribution in [3.63, 3.8) is 0 Å². The predicted octanol–water partition coefficient (Wildman–Crippen LogP) is 5.61. The molecule has 0 nitrogen and oxygen atoms in total. The first-order valence-electron chi connectivity index (χ1n) is 6.84. The zero-order valence-corrected chi connectivity index (χ0v) is 10.9. The van der Waals surface area contributed by atoms with Crippen molar-refractivity contribution in [1.29, 1.82) is 0 Å². The molecule has 0 aliphatic heterocycles. The maximum Gasteiger partial charge on any atom is -0.0126 e. The third kappa shape index (κ3) is 13.3. The van der Waals surface area contributed by atoms with Gasteiger partial charge in [-0.3, -0.25) is 0 Å². The summed E-state index contributed by atoms with van der Waals surface area (Å²) in [5.74, 6) is 0. The molecule has 0 spiro atoms. The second kappa shape index (κ2) is 14.3. The molecule has 16 heavy (non-hydrogen) atoms. The van der Waals surface area contributed by atoms with Crippen LogP contribution in [0.3, 0.4) is 0 Å². The highest BCUT2D eigenvalue weighted by Crippen LogP contribution is 2.09. The summed E-state index contributed by atoms with van der Waals surface area (Å²) in [6, 6.07) is 0. The second-order valence-corrected chi connectivity index (χ2v) is 4.33. The summed E-state index contributed by atoms with van der Waals surface area (Å²) in [6.07, 6.45) is 19.6. The van der Waals surface area contributed by atoms with Gasteiger partial charge in [-0.1, -0.05) is 51.2 Å². The molecule has 0 saturated heterocycles. The van der Waals surface area contributed by atoms with Crippen LogP contribution in [0.5, 0.6) is 0 Å². The van der Waals surface area contributed by atoms with Crippen LogP contribution >= 0.6 is 0 Å². The molecule has 0 N–H and O–H groups in total. The first-order valence-corrected chi connectivity index (χ1v) is 6.84. The van der Waals surface area contributed by atoms with E-state index in [0.717, 1.165) is 6.42 Å². The van der Waals surface area contributed by atoms with Gasteiger partial charge in [0.2, 0.25) is 0 Å². The Balaban J connectivity index is 3.01. The summed E-state index contributed by atoms with van der Waals surface area (Å²) in [7, 11) is 0. The van der Waals surface area contributed by atoms with Gasteiger partial charge >= 0.3 is 0 Å². The van der Waals surface area contributed by atoms with Gasteiger partial charge in [-0.05, 0) is 44.8 Å². The highest BCUT2D eigenvalue weighted by molar-refractivity contribution is 4.80. The Kier molecular flexibility index (Phi) is 13.6. The third-order valence-electron chi connectivity index (χ3n) is 2.71. The van der Waals surface area contributed by atoms with Gasteiger partial charge in [0.25, 0.3) is 0 Å². The molecular weight excluding hydrogens is 192 g/mol. The fraction of sp³-hybridized carbons (Fsp3) is 0.688. The van der Waals surface area contributed by atoms with Gasteiger partial charge in [-0.15, -0.1) is 5.73 Å². The number of rotatable bonds is 11. The van der Waals surface area contributed by atoms with Crippen LogP contribution in [0.25, 0.3) is 0 Å². The fourth-order valence-electron chi connectivity index (χ4n) is 1.70. The Morgan fingerprint density at radius 1 is 0.812 bits per heavy atom. The minimum Gasteiger partial charge on any atom is -0.125 e. The maximum absolute atomic E-state index is 5.15. The van der Waals surface area contributed by atoms with E-state index in [0.29, 0.717) is 0 Å². The minimum absolute atomic E-state index is 1.09. The molecule has 0 heterocycles. The molecule has 0 atom stereocenters. The summed E-state index contributed by atoms with van der Waals surface area (Å²) in [4.78, 5) is 0. The van der Waals surface area contributed by atoms with Crippen molar-refractivity contribution < 1.29 is 0 Å². The van der Waals surface area contributed by atoms with Gasteiger partial charge in [0, 0.05) is 0 Å². The first kappa shape index (κ1) is 15.3. The van der Waals surface area contributed by atoms with E-state index in [1.807, 2.05) is 6.08 Å². The Morgan fingerprint density at radius 3 is 2.00 bits per heavy atom. The summed E-state index contributed by atoms with van der Waals surface area (Å²) in [5, 5.41) is 0. The molecule has 0 aromatic heterocycles. The van der Waals surface area contributed by atoms with Crippen LogP contribution in [-0.4, -0.2) is 0 Å². The summed E-state index contributed by atoms with van der Waals surface area (Å²) in [6.45, 7) is 7.37. The van der Waals surface area contributed by atoms with E-state index >= 15 is 0 Å². The molecule has 0 bridgehead atoms. The Labute approximate surface area is 102 Å². The Hall–Kier alpha value is -0.740. The molecule has 0 amide bonds. The molecule has 91 valence electrons. The first-order chi connectivity index (χ1) is 7.91. The summed E-state index contributed by atoms with van der Waals surface area (Å²) < 4.78 is 0. The normalized spacial score (nSPS) is 10.6. The summed E-state index contributed by atoms with van der Waals surface area (Å²) in [5.41, 5.74) is 2.57.